The fraction of sp³-hybridized carbons (Fsp3) is 0.588. The molecule has 140 valence electrons. The summed E-state index contributed by atoms with van der Waals surface area (Å²) in [5.41, 5.74) is 2.07. The van der Waals surface area contributed by atoms with E-state index in [1.807, 2.05) is 24.7 Å². The van der Waals surface area contributed by atoms with Crippen molar-refractivity contribution in [3.8, 4) is 6.01 Å². The maximum Gasteiger partial charge on any atom is 0.316 e. The molecule has 2 saturated heterocycles. The molecule has 2 fully saturated rings. The lowest BCUT2D eigenvalue weighted by atomic mass is 9.83. The molecular formula is C17H23N5O3S. The van der Waals surface area contributed by atoms with E-state index in [9.17, 15) is 8.42 Å². The lowest BCUT2D eigenvalue weighted by Crippen LogP contribution is -2.67. The van der Waals surface area contributed by atoms with Crippen LogP contribution in [-0.4, -0.2) is 63.3 Å². The third kappa shape index (κ3) is 2.88. The van der Waals surface area contributed by atoms with Gasteiger partial charge in [0.25, 0.3) is 0 Å². The maximum atomic E-state index is 12.7. The van der Waals surface area contributed by atoms with Crippen molar-refractivity contribution in [3.63, 3.8) is 0 Å². The van der Waals surface area contributed by atoms with Gasteiger partial charge in [-0.1, -0.05) is 0 Å². The second-order valence-corrected chi connectivity index (χ2v) is 9.71. The smallest absolute Gasteiger partial charge is 0.316 e. The van der Waals surface area contributed by atoms with Crippen molar-refractivity contribution in [1.82, 2.24) is 24.6 Å². The summed E-state index contributed by atoms with van der Waals surface area (Å²) >= 11 is 0. The minimum atomic E-state index is -3.12. The zero-order valence-corrected chi connectivity index (χ0v) is 15.8. The standard InChI is InChI=1S/C17H23N5O3S/c1-13-8-15(21(2)20-13)9-22-11-17(12-22)14(4-7-26(17,23)24)10-25-16-18-5-3-6-19-16/h3,5-6,8,14H,4,7,9-12H2,1-2H3/t14-/m0/s1. The van der Waals surface area contributed by atoms with Gasteiger partial charge in [0.1, 0.15) is 4.75 Å². The Kier molecular flexibility index (Phi) is 4.23. The van der Waals surface area contributed by atoms with E-state index >= 15 is 0 Å². The summed E-state index contributed by atoms with van der Waals surface area (Å²) in [6.45, 7) is 4.10. The van der Waals surface area contributed by atoms with E-state index in [1.165, 1.54) is 0 Å². The third-order valence-corrected chi connectivity index (χ3v) is 8.12. The largest absolute Gasteiger partial charge is 0.463 e. The maximum absolute atomic E-state index is 12.7. The summed E-state index contributed by atoms with van der Waals surface area (Å²) in [6, 6.07) is 4.06. The van der Waals surface area contributed by atoms with Crippen molar-refractivity contribution >= 4 is 9.84 Å². The van der Waals surface area contributed by atoms with Crippen LogP contribution >= 0.6 is 0 Å². The van der Waals surface area contributed by atoms with Crippen LogP contribution in [0.25, 0.3) is 0 Å². The average Bonchev–Trinajstić information content (AvgIpc) is 3.02. The number of likely N-dealkylation sites (tertiary alicyclic amines) is 1. The van der Waals surface area contributed by atoms with Crippen molar-refractivity contribution in [2.45, 2.75) is 24.6 Å². The Bertz CT molecular complexity index is 890. The highest BCUT2D eigenvalue weighted by molar-refractivity contribution is 7.93. The van der Waals surface area contributed by atoms with Crippen LogP contribution in [0.4, 0.5) is 0 Å². The molecule has 26 heavy (non-hydrogen) atoms. The van der Waals surface area contributed by atoms with Crippen LogP contribution < -0.4 is 4.74 Å². The topological polar surface area (TPSA) is 90.2 Å². The molecule has 0 N–H and O–H groups in total. The number of aromatic nitrogens is 4. The number of hydrogen-bond acceptors (Lipinski definition) is 7. The van der Waals surface area contributed by atoms with E-state index in [4.69, 9.17) is 4.74 Å². The summed E-state index contributed by atoms with van der Waals surface area (Å²) in [6.07, 6.45) is 3.86. The lowest BCUT2D eigenvalue weighted by molar-refractivity contribution is 0.0554. The van der Waals surface area contributed by atoms with Crippen LogP contribution in [0.1, 0.15) is 17.8 Å². The minimum absolute atomic E-state index is 0.0270. The molecule has 0 aliphatic carbocycles. The summed E-state index contributed by atoms with van der Waals surface area (Å²) in [7, 11) is -1.20. The van der Waals surface area contributed by atoms with Crippen molar-refractivity contribution in [2.75, 3.05) is 25.4 Å². The monoisotopic (exact) mass is 377 g/mol. The highest BCUT2D eigenvalue weighted by Crippen LogP contribution is 2.45. The minimum Gasteiger partial charge on any atom is -0.463 e. The molecule has 2 aromatic rings. The molecule has 0 aromatic carbocycles. The molecule has 9 heteroatoms. The first-order valence-corrected chi connectivity index (χ1v) is 10.4. The van der Waals surface area contributed by atoms with Gasteiger partial charge in [0.05, 0.1) is 23.7 Å². The Morgan fingerprint density at radius 3 is 2.69 bits per heavy atom. The van der Waals surface area contributed by atoms with E-state index in [0.29, 0.717) is 38.7 Å². The van der Waals surface area contributed by atoms with Crippen molar-refractivity contribution < 1.29 is 13.2 Å². The van der Waals surface area contributed by atoms with Gasteiger partial charge in [-0.2, -0.15) is 5.10 Å². The predicted octanol–water partition coefficient (Wildman–Crippen LogP) is 0.587. The second-order valence-electron chi connectivity index (χ2n) is 7.26. The molecule has 0 unspecified atom stereocenters. The van der Waals surface area contributed by atoms with Crippen molar-refractivity contribution in [3.05, 3.63) is 35.9 Å². The zero-order chi connectivity index (χ0) is 18.4. The first-order valence-electron chi connectivity index (χ1n) is 8.74. The van der Waals surface area contributed by atoms with Crippen LogP contribution in [-0.2, 0) is 23.4 Å². The number of sulfone groups is 1. The molecule has 4 rings (SSSR count). The van der Waals surface area contributed by atoms with Crippen LogP contribution in [0.15, 0.2) is 24.5 Å². The zero-order valence-electron chi connectivity index (χ0n) is 15.0. The summed E-state index contributed by atoms with van der Waals surface area (Å²) < 4.78 is 32.3. The fourth-order valence-corrected chi connectivity index (χ4v) is 6.56. The quantitative estimate of drug-likeness (QED) is 0.753. The van der Waals surface area contributed by atoms with Crippen LogP contribution in [0.3, 0.4) is 0 Å². The molecule has 0 radical (unpaired) electrons. The van der Waals surface area contributed by atoms with E-state index in [0.717, 1.165) is 11.4 Å². The van der Waals surface area contributed by atoms with Crippen molar-refractivity contribution in [1.29, 1.82) is 0 Å². The van der Waals surface area contributed by atoms with Gasteiger partial charge >= 0.3 is 6.01 Å². The van der Waals surface area contributed by atoms with Gasteiger partial charge in [0.2, 0.25) is 0 Å². The first kappa shape index (κ1) is 17.4. The van der Waals surface area contributed by atoms with Crippen LogP contribution in [0.5, 0.6) is 6.01 Å². The molecule has 1 atom stereocenters. The van der Waals surface area contributed by atoms with Crippen molar-refractivity contribution in [2.24, 2.45) is 13.0 Å². The highest BCUT2D eigenvalue weighted by Gasteiger charge is 2.61. The van der Waals surface area contributed by atoms with Gasteiger partial charge in [-0.05, 0) is 25.5 Å². The molecule has 2 aromatic heterocycles. The third-order valence-electron chi connectivity index (χ3n) is 5.52. The predicted molar refractivity (Wildman–Crippen MR) is 95.4 cm³/mol. The molecule has 4 heterocycles. The van der Waals surface area contributed by atoms with E-state index in [2.05, 4.69) is 20.0 Å². The molecule has 8 nitrogen and oxygen atoms in total. The molecule has 1 spiro atoms. The number of hydrogen-bond donors (Lipinski definition) is 0. The molecule has 0 saturated carbocycles. The summed E-state index contributed by atoms with van der Waals surface area (Å²) in [4.78, 5) is 10.3. The molecule has 0 bridgehead atoms. The van der Waals surface area contributed by atoms with Gasteiger partial charge in [-0.15, -0.1) is 0 Å². The number of rotatable bonds is 5. The van der Waals surface area contributed by atoms with Gasteiger partial charge in [-0.25, -0.2) is 18.4 Å². The Labute approximate surface area is 153 Å². The SMILES string of the molecule is Cc1cc(CN2CC3(C2)[C@H](COc2ncccn2)CCS3(=O)=O)n(C)n1. The second kappa shape index (κ2) is 6.31. The lowest BCUT2D eigenvalue weighted by Gasteiger charge is -2.49. The highest BCUT2D eigenvalue weighted by atomic mass is 32.2. The number of nitrogens with zero attached hydrogens (tertiary/aromatic N) is 5. The van der Waals surface area contributed by atoms with E-state index < -0.39 is 14.6 Å². The molecule has 2 aliphatic heterocycles. The Hall–Kier alpha value is -2.00. The van der Waals surface area contributed by atoms with Gasteiger partial charge in [0.15, 0.2) is 9.84 Å². The van der Waals surface area contributed by atoms with Gasteiger partial charge in [0, 0.05) is 45.0 Å². The molecule has 2 aliphatic rings. The normalized spacial score (nSPS) is 23.8. The number of aryl methyl sites for hydroxylation is 2. The Morgan fingerprint density at radius 2 is 2.04 bits per heavy atom. The van der Waals surface area contributed by atoms with Gasteiger partial charge in [-0.3, -0.25) is 9.58 Å². The fourth-order valence-electron chi connectivity index (χ4n) is 4.11. The van der Waals surface area contributed by atoms with E-state index in [-0.39, 0.29) is 11.7 Å². The summed E-state index contributed by atoms with van der Waals surface area (Å²) in [5.74, 6) is 0.204. The van der Waals surface area contributed by atoms with Gasteiger partial charge < -0.3 is 4.74 Å². The van der Waals surface area contributed by atoms with E-state index in [1.54, 1.807) is 18.5 Å². The number of ether oxygens (including phenoxy) is 1. The van der Waals surface area contributed by atoms with Crippen LogP contribution in [0, 0.1) is 12.8 Å². The average molecular weight is 377 g/mol. The Morgan fingerprint density at radius 1 is 1.31 bits per heavy atom. The Balaban J connectivity index is 1.44. The molecular weight excluding hydrogens is 354 g/mol. The molecule has 0 amide bonds. The first-order chi connectivity index (χ1) is 12.4. The van der Waals surface area contributed by atoms with Crippen LogP contribution in [0.2, 0.25) is 0 Å². The summed E-state index contributed by atoms with van der Waals surface area (Å²) in [5, 5.41) is 4.36.